The highest BCUT2D eigenvalue weighted by Gasteiger charge is 2.18. The maximum Gasteiger partial charge on any atom is 0.291 e. The van der Waals surface area contributed by atoms with E-state index in [1.54, 1.807) is 29.9 Å². The molecule has 0 radical (unpaired) electrons. The molecule has 5 rings (SSSR count). The van der Waals surface area contributed by atoms with Crippen LogP contribution in [0, 0.1) is 0 Å². The minimum atomic E-state index is -0.114. The molecule has 130 valence electrons. The lowest BCUT2D eigenvalue weighted by Gasteiger charge is -2.03. The summed E-state index contributed by atoms with van der Waals surface area (Å²) in [5.74, 6) is 0. The van der Waals surface area contributed by atoms with E-state index in [4.69, 9.17) is 4.98 Å². The molecule has 0 spiro atoms. The van der Waals surface area contributed by atoms with Crippen molar-refractivity contribution in [2.75, 3.05) is 0 Å². The standard InChI is InChI=1S/C16H13N7OS2/c1-22-13-11(6-18-23(16(13)24)7-9-5-19-25-8-9)14-15(22)20-12(26-14)4-10-2-3-17-21-10/h2-3,5-6,8H,4,7H2,1H3,(H,17,21). The maximum atomic E-state index is 12.9. The van der Waals surface area contributed by atoms with Crippen molar-refractivity contribution in [1.29, 1.82) is 0 Å². The Bertz CT molecular complexity index is 1260. The van der Waals surface area contributed by atoms with Crippen LogP contribution < -0.4 is 5.56 Å². The summed E-state index contributed by atoms with van der Waals surface area (Å²) in [5.41, 5.74) is 3.31. The van der Waals surface area contributed by atoms with Crippen molar-refractivity contribution in [3.05, 3.63) is 56.7 Å². The molecule has 0 fully saturated rings. The molecular formula is C16H13N7OS2. The average molecular weight is 383 g/mol. The van der Waals surface area contributed by atoms with Gasteiger partial charge in [-0.3, -0.25) is 9.89 Å². The van der Waals surface area contributed by atoms with Crippen LogP contribution in [0.2, 0.25) is 0 Å². The van der Waals surface area contributed by atoms with Gasteiger partial charge in [-0.2, -0.15) is 10.2 Å². The third-order valence-electron chi connectivity index (χ3n) is 4.29. The van der Waals surface area contributed by atoms with Crippen LogP contribution in [0.1, 0.15) is 16.3 Å². The minimum absolute atomic E-state index is 0.114. The largest absolute Gasteiger partial charge is 0.323 e. The fourth-order valence-electron chi connectivity index (χ4n) is 3.04. The molecule has 0 atom stereocenters. The van der Waals surface area contributed by atoms with Crippen LogP contribution in [0.3, 0.4) is 0 Å². The molecule has 0 aromatic carbocycles. The van der Waals surface area contributed by atoms with E-state index in [1.807, 2.05) is 23.1 Å². The van der Waals surface area contributed by atoms with E-state index in [1.165, 1.54) is 16.2 Å². The molecule has 26 heavy (non-hydrogen) atoms. The van der Waals surface area contributed by atoms with Crippen LogP contribution in [0.4, 0.5) is 0 Å². The SMILES string of the molecule is Cn1c2nc(Cc3ccn[nH]3)sc2c2cnn(Cc3cnsc3)c(=O)c21. The Morgan fingerprint density at radius 3 is 3.00 bits per heavy atom. The number of thiazole rings is 1. The summed E-state index contributed by atoms with van der Waals surface area (Å²) >= 11 is 2.96. The first-order valence-corrected chi connectivity index (χ1v) is 9.56. The lowest BCUT2D eigenvalue weighted by Crippen LogP contribution is -2.24. The van der Waals surface area contributed by atoms with Crippen LogP contribution >= 0.6 is 22.9 Å². The summed E-state index contributed by atoms with van der Waals surface area (Å²) in [4.78, 5) is 17.6. The quantitative estimate of drug-likeness (QED) is 0.513. The zero-order valence-corrected chi connectivity index (χ0v) is 15.3. The van der Waals surface area contributed by atoms with Gasteiger partial charge in [0.05, 0.1) is 17.4 Å². The molecule has 0 unspecified atom stereocenters. The molecule has 0 bridgehead atoms. The summed E-state index contributed by atoms with van der Waals surface area (Å²) in [6.07, 6.45) is 5.94. The van der Waals surface area contributed by atoms with Crippen molar-refractivity contribution in [2.24, 2.45) is 7.05 Å². The summed E-state index contributed by atoms with van der Waals surface area (Å²) in [6.45, 7) is 0.419. The molecule has 0 amide bonds. The van der Waals surface area contributed by atoms with E-state index in [-0.39, 0.29) is 5.56 Å². The Hall–Kier alpha value is -2.85. The van der Waals surface area contributed by atoms with Gasteiger partial charge in [-0.05, 0) is 17.6 Å². The van der Waals surface area contributed by atoms with E-state index in [9.17, 15) is 4.79 Å². The van der Waals surface area contributed by atoms with Crippen molar-refractivity contribution < 1.29 is 0 Å². The van der Waals surface area contributed by atoms with Gasteiger partial charge in [0.25, 0.3) is 5.56 Å². The number of hydrogen-bond acceptors (Lipinski definition) is 7. The van der Waals surface area contributed by atoms with Crippen molar-refractivity contribution in [1.82, 2.24) is 33.9 Å². The predicted molar refractivity (Wildman–Crippen MR) is 101 cm³/mol. The molecule has 5 heterocycles. The maximum absolute atomic E-state index is 12.9. The third kappa shape index (κ3) is 2.37. The topological polar surface area (TPSA) is 94.3 Å². The number of rotatable bonds is 4. The molecule has 8 nitrogen and oxygen atoms in total. The lowest BCUT2D eigenvalue weighted by atomic mass is 10.3. The second-order valence-corrected chi connectivity index (χ2v) is 7.72. The minimum Gasteiger partial charge on any atom is -0.323 e. The van der Waals surface area contributed by atoms with Gasteiger partial charge in [-0.25, -0.2) is 14.0 Å². The smallest absolute Gasteiger partial charge is 0.291 e. The number of aromatic nitrogens is 7. The summed E-state index contributed by atoms with van der Waals surface area (Å²) in [7, 11) is 1.88. The monoisotopic (exact) mass is 383 g/mol. The van der Waals surface area contributed by atoms with Crippen LogP contribution in [0.15, 0.2) is 34.8 Å². The zero-order chi connectivity index (χ0) is 17.7. The number of nitrogens with zero attached hydrogens (tertiary/aromatic N) is 6. The van der Waals surface area contributed by atoms with Gasteiger partial charge < -0.3 is 4.57 Å². The molecule has 5 aromatic rings. The van der Waals surface area contributed by atoms with E-state index >= 15 is 0 Å². The summed E-state index contributed by atoms with van der Waals surface area (Å²) < 4.78 is 8.40. The number of aryl methyl sites for hydroxylation is 1. The Labute approximate surface area is 154 Å². The first-order chi connectivity index (χ1) is 12.7. The molecule has 0 aliphatic rings. The normalized spacial score (nSPS) is 11.7. The fourth-order valence-corrected chi connectivity index (χ4v) is 4.70. The van der Waals surface area contributed by atoms with Gasteiger partial charge in [-0.15, -0.1) is 11.3 Å². The molecule has 0 aliphatic heterocycles. The summed E-state index contributed by atoms with van der Waals surface area (Å²) in [5, 5.41) is 15.0. The number of aromatic amines is 1. The molecule has 0 saturated heterocycles. The third-order valence-corrected chi connectivity index (χ3v) is 6.00. The number of nitrogens with one attached hydrogen (secondary N) is 1. The first-order valence-electron chi connectivity index (χ1n) is 7.91. The fraction of sp³-hybridized carbons (Fsp3) is 0.188. The van der Waals surface area contributed by atoms with Gasteiger partial charge in [-0.1, -0.05) is 0 Å². The number of H-pyrrole nitrogens is 1. The predicted octanol–water partition coefficient (Wildman–Crippen LogP) is 2.16. The number of fused-ring (bicyclic) bond motifs is 3. The molecule has 10 heteroatoms. The van der Waals surface area contributed by atoms with E-state index < -0.39 is 0 Å². The highest BCUT2D eigenvalue weighted by atomic mass is 32.1. The van der Waals surface area contributed by atoms with Crippen LogP contribution in [0.5, 0.6) is 0 Å². The lowest BCUT2D eigenvalue weighted by molar-refractivity contribution is 0.644. The average Bonchev–Trinajstić information content (AvgIpc) is 3.39. The van der Waals surface area contributed by atoms with Crippen molar-refractivity contribution in [3.63, 3.8) is 0 Å². The van der Waals surface area contributed by atoms with Gasteiger partial charge in [0.1, 0.15) is 10.5 Å². The Kier molecular flexibility index (Phi) is 3.47. The Morgan fingerprint density at radius 1 is 1.31 bits per heavy atom. The Balaban J connectivity index is 1.62. The van der Waals surface area contributed by atoms with Crippen molar-refractivity contribution in [3.8, 4) is 0 Å². The van der Waals surface area contributed by atoms with E-state index in [0.29, 0.717) is 18.5 Å². The zero-order valence-electron chi connectivity index (χ0n) is 13.7. The highest BCUT2D eigenvalue weighted by molar-refractivity contribution is 7.19. The van der Waals surface area contributed by atoms with E-state index in [0.717, 1.165) is 32.0 Å². The molecule has 0 saturated carbocycles. The Morgan fingerprint density at radius 2 is 2.23 bits per heavy atom. The first kappa shape index (κ1) is 15.4. The van der Waals surface area contributed by atoms with Crippen LogP contribution in [-0.4, -0.2) is 33.9 Å². The molecule has 5 aromatic heterocycles. The van der Waals surface area contributed by atoms with E-state index in [2.05, 4.69) is 19.7 Å². The van der Waals surface area contributed by atoms with Crippen molar-refractivity contribution >= 4 is 44.1 Å². The van der Waals surface area contributed by atoms with Gasteiger partial charge in [0.2, 0.25) is 0 Å². The highest BCUT2D eigenvalue weighted by Crippen LogP contribution is 2.31. The van der Waals surface area contributed by atoms with Crippen LogP contribution in [-0.2, 0) is 20.0 Å². The molecule has 0 aliphatic carbocycles. The molecular weight excluding hydrogens is 370 g/mol. The van der Waals surface area contributed by atoms with Gasteiger partial charge >= 0.3 is 0 Å². The van der Waals surface area contributed by atoms with Crippen molar-refractivity contribution in [2.45, 2.75) is 13.0 Å². The molecule has 1 N–H and O–H groups in total. The second-order valence-electron chi connectivity index (χ2n) is 5.98. The van der Waals surface area contributed by atoms with Gasteiger partial charge in [0, 0.05) is 47.9 Å². The van der Waals surface area contributed by atoms with Gasteiger partial charge in [0.15, 0.2) is 5.65 Å². The summed E-state index contributed by atoms with van der Waals surface area (Å²) in [6, 6.07) is 1.93. The van der Waals surface area contributed by atoms with Crippen LogP contribution in [0.25, 0.3) is 21.3 Å². The number of hydrogen-bond donors (Lipinski definition) is 1. The second kappa shape index (κ2) is 5.85.